The number of hydrogen-bond donors (Lipinski definition) is 2. The van der Waals surface area contributed by atoms with Crippen LogP contribution in [0, 0.1) is 6.92 Å². The summed E-state index contributed by atoms with van der Waals surface area (Å²) in [5.41, 5.74) is 5.31. The average molecular weight is 494 g/mol. The number of amides is 2. The smallest absolute Gasteiger partial charge is 0.255 e. The van der Waals surface area contributed by atoms with E-state index in [9.17, 15) is 9.59 Å². The van der Waals surface area contributed by atoms with Crippen LogP contribution < -0.4 is 10.6 Å². The molecule has 0 aliphatic carbocycles. The van der Waals surface area contributed by atoms with E-state index < -0.39 is 0 Å². The van der Waals surface area contributed by atoms with Crippen LogP contribution in [-0.2, 0) is 4.79 Å². The molecule has 5 aromatic rings. The summed E-state index contributed by atoms with van der Waals surface area (Å²) in [5, 5.41) is 5.84. The molecule has 178 valence electrons. The van der Waals surface area contributed by atoms with E-state index in [4.69, 9.17) is 4.42 Å². The zero-order valence-electron chi connectivity index (χ0n) is 19.5. The van der Waals surface area contributed by atoms with Gasteiger partial charge in [0.05, 0.1) is 5.75 Å². The molecule has 0 aliphatic rings. The number of aromatic nitrogens is 1. The number of anilines is 2. The van der Waals surface area contributed by atoms with Crippen molar-refractivity contribution in [2.75, 3.05) is 16.4 Å². The second-order valence-corrected chi connectivity index (χ2v) is 9.25. The predicted octanol–water partition coefficient (Wildman–Crippen LogP) is 6.79. The minimum atomic E-state index is -0.158. The maximum absolute atomic E-state index is 12.6. The van der Waals surface area contributed by atoms with Crippen molar-refractivity contribution in [2.45, 2.75) is 11.8 Å². The zero-order chi connectivity index (χ0) is 24.9. The van der Waals surface area contributed by atoms with E-state index in [0.29, 0.717) is 22.8 Å². The quantitative estimate of drug-likeness (QED) is 0.244. The highest BCUT2D eigenvalue weighted by atomic mass is 32.2. The topological polar surface area (TPSA) is 84.2 Å². The van der Waals surface area contributed by atoms with E-state index in [1.807, 2.05) is 97.9 Å². The number of carbonyl (C=O) groups is 2. The van der Waals surface area contributed by atoms with E-state index in [-0.39, 0.29) is 17.6 Å². The van der Waals surface area contributed by atoms with Crippen LogP contribution in [0.3, 0.4) is 0 Å². The minimum Gasteiger partial charge on any atom is -0.436 e. The molecule has 0 saturated carbocycles. The number of rotatable bonds is 7. The largest absolute Gasteiger partial charge is 0.436 e. The molecular formula is C29H23N3O3S. The average Bonchev–Trinajstić information content (AvgIpc) is 3.33. The number of aryl methyl sites for hydroxylation is 1. The maximum Gasteiger partial charge on any atom is 0.255 e. The molecule has 1 aromatic heterocycles. The molecule has 0 aliphatic heterocycles. The summed E-state index contributed by atoms with van der Waals surface area (Å²) in [7, 11) is 0. The fourth-order valence-corrected chi connectivity index (χ4v) is 4.48. The molecule has 0 atom stereocenters. The van der Waals surface area contributed by atoms with Gasteiger partial charge in [-0.2, -0.15) is 0 Å². The van der Waals surface area contributed by atoms with Crippen LogP contribution in [0.1, 0.15) is 15.9 Å². The first-order valence-corrected chi connectivity index (χ1v) is 12.4. The molecule has 4 aromatic carbocycles. The Morgan fingerprint density at radius 2 is 1.61 bits per heavy atom. The Bertz CT molecular complexity index is 1510. The minimum absolute atomic E-state index is 0.121. The Morgan fingerprint density at radius 1 is 0.833 bits per heavy atom. The first-order chi connectivity index (χ1) is 17.5. The Hall–Kier alpha value is -4.36. The highest BCUT2D eigenvalue weighted by molar-refractivity contribution is 8.00. The Labute approximate surface area is 212 Å². The molecular weight excluding hydrogens is 470 g/mol. The summed E-state index contributed by atoms with van der Waals surface area (Å²) in [6.45, 7) is 1.91. The van der Waals surface area contributed by atoms with Gasteiger partial charge in [0.15, 0.2) is 5.58 Å². The molecule has 36 heavy (non-hydrogen) atoms. The third kappa shape index (κ3) is 5.47. The first-order valence-electron chi connectivity index (χ1n) is 11.4. The lowest BCUT2D eigenvalue weighted by Gasteiger charge is -2.09. The van der Waals surface area contributed by atoms with Gasteiger partial charge < -0.3 is 15.1 Å². The van der Waals surface area contributed by atoms with Crippen molar-refractivity contribution in [3.05, 3.63) is 108 Å². The third-order valence-electron chi connectivity index (χ3n) is 5.56. The molecule has 0 fully saturated rings. The first kappa shape index (κ1) is 23.4. The molecule has 0 spiro atoms. The van der Waals surface area contributed by atoms with Gasteiger partial charge in [0.25, 0.3) is 5.91 Å². The van der Waals surface area contributed by atoms with E-state index in [1.165, 1.54) is 11.8 Å². The predicted molar refractivity (Wildman–Crippen MR) is 144 cm³/mol. The molecule has 2 N–H and O–H groups in total. The number of carbonyl (C=O) groups excluding carboxylic acids is 2. The van der Waals surface area contributed by atoms with E-state index >= 15 is 0 Å². The van der Waals surface area contributed by atoms with Gasteiger partial charge in [0.1, 0.15) is 5.52 Å². The molecule has 7 heteroatoms. The molecule has 2 amide bonds. The van der Waals surface area contributed by atoms with Crippen LogP contribution in [0.5, 0.6) is 0 Å². The monoisotopic (exact) mass is 493 g/mol. The van der Waals surface area contributed by atoms with Crippen molar-refractivity contribution < 1.29 is 14.0 Å². The van der Waals surface area contributed by atoms with Crippen molar-refractivity contribution in [1.82, 2.24) is 4.98 Å². The fourth-order valence-electron chi connectivity index (χ4n) is 3.73. The summed E-state index contributed by atoms with van der Waals surface area (Å²) in [6.07, 6.45) is 0. The standard InChI is InChI=1S/C29H23N3O3S/c1-19-7-2-3-10-24(19)28(34)31-22-8-6-9-23(17-22)36-18-27(33)30-21-15-13-20(14-16-21)29-32-25-11-4-5-12-26(25)35-29/h2-17H,18H2,1H3,(H,30,33)(H,31,34). The highest BCUT2D eigenvalue weighted by Crippen LogP contribution is 2.26. The Morgan fingerprint density at radius 3 is 2.42 bits per heavy atom. The van der Waals surface area contributed by atoms with Gasteiger partial charge in [0, 0.05) is 27.4 Å². The third-order valence-corrected chi connectivity index (χ3v) is 6.55. The lowest BCUT2D eigenvalue weighted by atomic mass is 10.1. The number of para-hydroxylation sites is 2. The van der Waals surface area contributed by atoms with Gasteiger partial charge in [0.2, 0.25) is 11.8 Å². The van der Waals surface area contributed by atoms with Crippen molar-refractivity contribution >= 4 is 46.1 Å². The molecule has 5 rings (SSSR count). The summed E-state index contributed by atoms with van der Waals surface area (Å²) in [4.78, 5) is 30.5. The molecule has 0 bridgehead atoms. The number of nitrogens with zero attached hydrogens (tertiary/aromatic N) is 1. The van der Waals surface area contributed by atoms with Crippen LogP contribution in [0.25, 0.3) is 22.6 Å². The second-order valence-electron chi connectivity index (χ2n) is 8.20. The van der Waals surface area contributed by atoms with Crippen LogP contribution in [0.4, 0.5) is 11.4 Å². The lowest BCUT2D eigenvalue weighted by molar-refractivity contribution is -0.113. The summed E-state index contributed by atoms with van der Waals surface area (Å²) >= 11 is 1.40. The number of thioether (sulfide) groups is 1. The van der Waals surface area contributed by atoms with Crippen LogP contribution in [0.2, 0.25) is 0 Å². The number of benzene rings is 4. The SMILES string of the molecule is Cc1ccccc1C(=O)Nc1cccc(SCC(=O)Nc2ccc(-c3nc4ccccc4o3)cc2)c1. The van der Waals surface area contributed by atoms with Crippen LogP contribution in [-0.4, -0.2) is 22.6 Å². The van der Waals surface area contributed by atoms with Crippen LogP contribution in [0.15, 0.2) is 106 Å². The van der Waals surface area contributed by atoms with Gasteiger partial charge in [-0.15, -0.1) is 11.8 Å². The van der Waals surface area contributed by atoms with E-state index in [1.54, 1.807) is 6.07 Å². The van der Waals surface area contributed by atoms with Crippen molar-refractivity contribution in [2.24, 2.45) is 0 Å². The summed E-state index contributed by atoms with van der Waals surface area (Å²) in [5.74, 6) is 0.500. The summed E-state index contributed by atoms with van der Waals surface area (Å²) in [6, 6.07) is 29.9. The molecule has 0 radical (unpaired) electrons. The normalized spacial score (nSPS) is 10.8. The Kier molecular flexibility index (Phi) is 6.82. The second kappa shape index (κ2) is 10.5. The molecule has 1 heterocycles. The summed E-state index contributed by atoms with van der Waals surface area (Å²) < 4.78 is 5.80. The van der Waals surface area contributed by atoms with Crippen LogP contribution >= 0.6 is 11.8 Å². The fraction of sp³-hybridized carbons (Fsp3) is 0.0690. The number of oxazole rings is 1. The zero-order valence-corrected chi connectivity index (χ0v) is 20.3. The Balaban J connectivity index is 1.16. The van der Waals surface area contributed by atoms with Crippen molar-refractivity contribution in [1.29, 1.82) is 0 Å². The van der Waals surface area contributed by atoms with Crippen molar-refractivity contribution in [3.63, 3.8) is 0 Å². The van der Waals surface area contributed by atoms with Gasteiger partial charge >= 0.3 is 0 Å². The highest BCUT2D eigenvalue weighted by Gasteiger charge is 2.11. The number of fused-ring (bicyclic) bond motifs is 1. The van der Waals surface area contributed by atoms with E-state index in [2.05, 4.69) is 15.6 Å². The number of nitrogens with one attached hydrogen (secondary N) is 2. The molecule has 6 nitrogen and oxygen atoms in total. The number of hydrogen-bond acceptors (Lipinski definition) is 5. The van der Waals surface area contributed by atoms with E-state index in [0.717, 1.165) is 27.1 Å². The van der Waals surface area contributed by atoms with Crippen molar-refractivity contribution in [3.8, 4) is 11.5 Å². The van der Waals surface area contributed by atoms with Gasteiger partial charge in [-0.05, 0) is 73.2 Å². The van der Waals surface area contributed by atoms with Gasteiger partial charge in [-0.1, -0.05) is 36.4 Å². The van der Waals surface area contributed by atoms with Gasteiger partial charge in [-0.3, -0.25) is 9.59 Å². The lowest BCUT2D eigenvalue weighted by Crippen LogP contribution is -2.14. The maximum atomic E-state index is 12.6. The molecule has 0 saturated heterocycles. The molecule has 0 unspecified atom stereocenters. The van der Waals surface area contributed by atoms with Gasteiger partial charge in [-0.25, -0.2) is 4.98 Å².